The Hall–Kier alpha value is -1.19. The monoisotopic (exact) mass is 423 g/mol. The summed E-state index contributed by atoms with van der Waals surface area (Å²) in [5, 5.41) is 4.03. The summed E-state index contributed by atoms with van der Waals surface area (Å²) in [6, 6.07) is 2.86. The average Bonchev–Trinajstić information content (AvgIpc) is 3.13. The van der Waals surface area contributed by atoms with E-state index in [2.05, 4.69) is 31.1 Å². The number of rotatable bonds is 4. The zero-order chi connectivity index (χ0) is 17.3. The van der Waals surface area contributed by atoms with Crippen molar-refractivity contribution in [3.05, 3.63) is 45.1 Å². The number of thiazole rings is 1. The van der Waals surface area contributed by atoms with Crippen LogP contribution in [0.4, 0.5) is 22.7 Å². The number of hydrogen-bond acceptors (Lipinski definition) is 4. The minimum absolute atomic E-state index is 0.0508. The summed E-state index contributed by atoms with van der Waals surface area (Å²) < 4.78 is 53.1. The van der Waals surface area contributed by atoms with Gasteiger partial charge in [0.1, 0.15) is 5.82 Å². The van der Waals surface area contributed by atoms with Gasteiger partial charge >= 0.3 is 6.18 Å². The van der Waals surface area contributed by atoms with E-state index in [1.165, 1.54) is 17.4 Å². The first-order valence-electron chi connectivity index (χ1n) is 7.28. The SMILES string of the molecule is Fc1ccc(CN[C@H]2CCN(c3ncc(Br)s3)C2)c(C(F)(F)F)c1. The smallest absolute Gasteiger partial charge is 0.346 e. The average molecular weight is 424 g/mol. The zero-order valence-electron chi connectivity index (χ0n) is 12.4. The summed E-state index contributed by atoms with van der Waals surface area (Å²) in [6.07, 6.45) is -2.01. The van der Waals surface area contributed by atoms with E-state index < -0.39 is 17.6 Å². The topological polar surface area (TPSA) is 28.2 Å². The van der Waals surface area contributed by atoms with Crippen LogP contribution in [0.1, 0.15) is 17.5 Å². The number of benzene rings is 1. The molecule has 1 N–H and O–H groups in total. The molecule has 130 valence electrons. The molecule has 0 spiro atoms. The summed E-state index contributed by atoms with van der Waals surface area (Å²) >= 11 is 4.89. The second kappa shape index (κ2) is 6.97. The molecule has 0 amide bonds. The van der Waals surface area contributed by atoms with Crippen LogP contribution in [-0.4, -0.2) is 24.1 Å². The van der Waals surface area contributed by atoms with Crippen LogP contribution in [0.3, 0.4) is 0 Å². The number of nitrogens with one attached hydrogen (secondary N) is 1. The standard InChI is InChI=1S/C15H14BrF4N3S/c16-13-7-22-14(24-13)23-4-3-11(8-23)21-6-9-1-2-10(17)5-12(9)15(18,19)20/h1-2,5,7,11,21H,3-4,6,8H2/t11-/m0/s1. The molecule has 0 saturated carbocycles. The molecule has 24 heavy (non-hydrogen) atoms. The van der Waals surface area contributed by atoms with Gasteiger partial charge in [-0.2, -0.15) is 13.2 Å². The molecule has 0 aliphatic carbocycles. The van der Waals surface area contributed by atoms with Crippen molar-refractivity contribution in [2.24, 2.45) is 0 Å². The molecule has 1 aromatic carbocycles. The Bertz CT molecular complexity index is 719. The summed E-state index contributed by atoms with van der Waals surface area (Å²) in [4.78, 5) is 6.39. The second-order valence-corrected chi connectivity index (χ2v) is 7.95. The maximum absolute atomic E-state index is 13.1. The summed E-state index contributed by atoms with van der Waals surface area (Å²) in [5.41, 5.74) is -0.868. The van der Waals surface area contributed by atoms with E-state index in [4.69, 9.17) is 0 Å². The first-order valence-corrected chi connectivity index (χ1v) is 8.89. The van der Waals surface area contributed by atoms with Gasteiger partial charge in [-0.1, -0.05) is 17.4 Å². The van der Waals surface area contributed by atoms with Crippen LogP contribution in [0.5, 0.6) is 0 Å². The van der Waals surface area contributed by atoms with Gasteiger partial charge in [0.05, 0.1) is 15.5 Å². The third kappa shape index (κ3) is 4.07. The molecule has 1 aromatic heterocycles. The van der Waals surface area contributed by atoms with Crippen molar-refractivity contribution >= 4 is 32.4 Å². The first-order chi connectivity index (χ1) is 11.3. The van der Waals surface area contributed by atoms with Crippen molar-refractivity contribution in [1.29, 1.82) is 0 Å². The fourth-order valence-electron chi connectivity index (χ4n) is 2.71. The van der Waals surface area contributed by atoms with Crippen LogP contribution in [0.25, 0.3) is 0 Å². The molecule has 3 rings (SSSR count). The Kier molecular flexibility index (Phi) is 5.12. The van der Waals surface area contributed by atoms with E-state index in [1.807, 2.05) is 0 Å². The number of hydrogen-bond donors (Lipinski definition) is 1. The Morgan fingerprint density at radius 2 is 2.17 bits per heavy atom. The quantitative estimate of drug-likeness (QED) is 0.737. The lowest BCUT2D eigenvalue weighted by molar-refractivity contribution is -0.138. The van der Waals surface area contributed by atoms with Crippen LogP contribution < -0.4 is 10.2 Å². The summed E-state index contributed by atoms with van der Waals surface area (Å²) in [6.45, 7) is 1.53. The van der Waals surface area contributed by atoms with E-state index in [9.17, 15) is 17.6 Å². The predicted octanol–water partition coefficient (Wildman–Crippen LogP) is 4.43. The van der Waals surface area contributed by atoms with Gasteiger partial charge in [-0.3, -0.25) is 0 Å². The Labute approximate surface area is 148 Å². The second-order valence-electron chi connectivity index (χ2n) is 5.56. The highest BCUT2D eigenvalue weighted by Crippen LogP contribution is 2.33. The molecule has 1 aliphatic heterocycles. The largest absolute Gasteiger partial charge is 0.416 e. The van der Waals surface area contributed by atoms with E-state index in [0.717, 1.165) is 27.9 Å². The van der Waals surface area contributed by atoms with Gasteiger partial charge in [0, 0.05) is 25.7 Å². The highest BCUT2D eigenvalue weighted by Gasteiger charge is 2.34. The van der Waals surface area contributed by atoms with Crippen LogP contribution >= 0.6 is 27.3 Å². The van der Waals surface area contributed by atoms with Gasteiger partial charge in [-0.05, 0) is 40.0 Å². The van der Waals surface area contributed by atoms with Crippen molar-refractivity contribution in [2.75, 3.05) is 18.0 Å². The zero-order valence-corrected chi connectivity index (χ0v) is 14.8. The third-order valence-corrected chi connectivity index (χ3v) is 5.42. The van der Waals surface area contributed by atoms with Crippen LogP contribution in [0.15, 0.2) is 28.2 Å². The molecular weight excluding hydrogens is 410 g/mol. The molecule has 1 atom stereocenters. The fourth-order valence-corrected chi connectivity index (χ4v) is 3.93. The van der Waals surface area contributed by atoms with Gasteiger partial charge in [0.15, 0.2) is 5.13 Å². The van der Waals surface area contributed by atoms with Gasteiger partial charge in [-0.15, -0.1) is 0 Å². The van der Waals surface area contributed by atoms with Crippen molar-refractivity contribution in [1.82, 2.24) is 10.3 Å². The molecule has 0 bridgehead atoms. The molecule has 2 heterocycles. The number of anilines is 1. The molecule has 2 aromatic rings. The first kappa shape index (κ1) is 17.6. The van der Waals surface area contributed by atoms with E-state index in [1.54, 1.807) is 6.20 Å². The lowest BCUT2D eigenvalue weighted by atomic mass is 10.1. The third-order valence-electron chi connectivity index (χ3n) is 3.88. The van der Waals surface area contributed by atoms with Crippen LogP contribution in [-0.2, 0) is 12.7 Å². The highest BCUT2D eigenvalue weighted by atomic mass is 79.9. The maximum atomic E-state index is 13.1. The van der Waals surface area contributed by atoms with Gasteiger partial charge < -0.3 is 10.2 Å². The van der Waals surface area contributed by atoms with E-state index >= 15 is 0 Å². The molecular formula is C15H14BrF4N3S. The number of nitrogens with zero attached hydrogens (tertiary/aromatic N) is 2. The van der Waals surface area contributed by atoms with E-state index in [-0.39, 0.29) is 18.2 Å². The van der Waals surface area contributed by atoms with Crippen molar-refractivity contribution in [3.8, 4) is 0 Å². The molecule has 1 fully saturated rings. The van der Waals surface area contributed by atoms with Gasteiger partial charge in [0.25, 0.3) is 0 Å². The van der Waals surface area contributed by atoms with Crippen molar-refractivity contribution in [3.63, 3.8) is 0 Å². The predicted molar refractivity (Wildman–Crippen MR) is 88.7 cm³/mol. The number of aromatic nitrogens is 1. The minimum atomic E-state index is -4.56. The highest BCUT2D eigenvalue weighted by molar-refractivity contribution is 9.11. The molecule has 0 radical (unpaired) electrons. The summed E-state index contributed by atoms with van der Waals surface area (Å²) in [5.74, 6) is -0.882. The molecule has 1 aliphatic rings. The number of alkyl halides is 3. The van der Waals surface area contributed by atoms with Gasteiger partial charge in [-0.25, -0.2) is 9.37 Å². The summed E-state index contributed by atoms with van der Waals surface area (Å²) in [7, 11) is 0. The Morgan fingerprint density at radius 3 is 2.83 bits per heavy atom. The van der Waals surface area contributed by atoms with Gasteiger partial charge in [0.2, 0.25) is 0 Å². The molecule has 3 nitrogen and oxygen atoms in total. The van der Waals surface area contributed by atoms with Crippen LogP contribution in [0, 0.1) is 5.82 Å². The normalized spacial score (nSPS) is 18.4. The van der Waals surface area contributed by atoms with E-state index in [0.29, 0.717) is 12.6 Å². The fraction of sp³-hybridized carbons (Fsp3) is 0.400. The molecule has 1 saturated heterocycles. The maximum Gasteiger partial charge on any atom is 0.416 e. The molecule has 0 unspecified atom stereocenters. The minimum Gasteiger partial charge on any atom is -0.346 e. The molecule has 9 heteroatoms. The number of halogens is 5. The van der Waals surface area contributed by atoms with Crippen molar-refractivity contribution in [2.45, 2.75) is 25.2 Å². The van der Waals surface area contributed by atoms with Crippen molar-refractivity contribution < 1.29 is 17.6 Å². The Morgan fingerprint density at radius 1 is 1.38 bits per heavy atom. The lowest BCUT2D eigenvalue weighted by Crippen LogP contribution is -2.32. The lowest BCUT2D eigenvalue weighted by Gasteiger charge is -2.18. The Balaban J connectivity index is 1.63. The van der Waals surface area contributed by atoms with Crippen LogP contribution in [0.2, 0.25) is 0 Å².